The van der Waals surface area contributed by atoms with Gasteiger partial charge in [0.25, 0.3) is 0 Å². The topological polar surface area (TPSA) is 54.4 Å². The number of rotatable bonds is 2. The van der Waals surface area contributed by atoms with E-state index in [4.69, 9.17) is 0 Å². The van der Waals surface area contributed by atoms with Crippen LogP contribution in [0.3, 0.4) is 0 Å². The van der Waals surface area contributed by atoms with E-state index >= 15 is 0 Å². The van der Waals surface area contributed by atoms with Crippen molar-refractivity contribution in [2.75, 3.05) is 0 Å². The largest absolute Gasteiger partial charge is 0.374 e. The molecule has 0 unspecified atom stereocenters. The Kier molecular flexibility index (Phi) is 2.63. The molecule has 4 aliphatic carbocycles. The molecule has 3 heteroatoms. The molecule has 0 radical (unpaired) electrons. The Morgan fingerprint density at radius 3 is 2.23 bits per heavy atom. The van der Waals surface area contributed by atoms with Crippen LogP contribution in [-0.2, 0) is 0 Å². The number of Topliss-reactive ketones (excluding diaryl/α,β-unsaturated/α-hetero) is 2. The first kappa shape index (κ1) is 13.9. The summed E-state index contributed by atoms with van der Waals surface area (Å²) in [5.74, 6) is 0.212. The number of hydrogen-bond acceptors (Lipinski definition) is 3. The van der Waals surface area contributed by atoms with Gasteiger partial charge in [0.15, 0.2) is 5.60 Å². The summed E-state index contributed by atoms with van der Waals surface area (Å²) in [5, 5.41) is 10.9. The molecule has 4 aliphatic rings. The Balaban J connectivity index is 1.68. The number of carbonyl (C=O) groups excluding carboxylic acids is 2. The minimum atomic E-state index is -1.89. The lowest BCUT2D eigenvalue weighted by Crippen LogP contribution is -2.50. The van der Waals surface area contributed by atoms with Gasteiger partial charge < -0.3 is 5.11 Å². The van der Waals surface area contributed by atoms with Crippen LogP contribution in [0, 0.1) is 17.3 Å². The second-order valence-corrected chi connectivity index (χ2v) is 7.56. The second-order valence-electron chi connectivity index (χ2n) is 7.56. The summed E-state index contributed by atoms with van der Waals surface area (Å²) in [6.45, 7) is 4.49. The number of benzene rings is 1. The lowest BCUT2D eigenvalue weighted by atomic mass is 9.48. The summed E-state index contributed by atoms with van der Waals surface area (Å²) in [7, 11) is 0. The third-order valence-corrected chi connectivity index (χ3v) is 6.21. The highest BCUT2D eigenvalue weighted by molar-refractivity contribution is 6.32. The zero-order chi connectivity index (χ0) is 15.7. The maximum atomic E-state index is 12.6. The van der Waals surface area contributed by atoms with Crippen molar-refractivity contribution in [3.8, 4) is 0 Å². The average molecular weight is 296 g/mol. The van der Waals surface area contributed by atoms with E-state index in [1.807, 2.05) is 0 Å². The molecule has 22 heavy (non-hydrogen) atoms. The molecule has 3 nitrogen and oxygen atoms in total. The quantitative estimate of drug-likeness (QED) is 0.673. The Bertz CT molecular complexity index is 691. The van der Waals surface area contributed by atoms with Crippen molar-refractivity contribution in [2.45, 2.75) is 38.7 Å². The fourth-order valence-corrected chi connectivity index (χ4v) is 4.56. The highest BCUT2D eigenvalue weighted by Gasteiger charge is 2.56. The van der Waals surface area contributed by atoms with Crippen LogP contribution in [0.4, 0.5) is 0 Å². The van der Waals surface area contributed by atoms with Crippen LogP contribution in [0.5, 0.6) is 0 Å². The maximum absolute atomic E-state index is 12.6. The van der Waals surface area contributed by atoms with Crippen LogP contribution in [0.1, 0.15) is 53.8 Å². The Labute approximate surface area is 130 Å². The summed E-state index contributed by atoms with van der Waals surface area (Å²) in [6, 6.07) is 6.72. The number of fused-ring (bicyclic) bond motifs is 2. The van der Waals surface area contributed by atoms with E-state index in [2.05, 4.69) is 19.9 Å². The minimum absolute atomic E-state index is 0.153. The van der Waals surface area contributed by atoms with Crippen LogP contribution < -0.4 is 0 Å². The average Bonchev–Trinajstić information content (AvgIpc) is 2.70. The Morgan fingerprint density at radius 2 is 1.73 bits per heavy atom. The molecular formula is C19H20O3. The maximum Gasteiger partial charge on any atom is 0.203 e. The monoisotopic (exact) mass is 296 g/mol. The Hall–Kier alpha value is -1.74. The zero-order valence-corrected chi connectivity index (χ0v) is 12.9. The lowest BCUT2D eigenvalue weighted by Gasteiger charge is -2.57. The molecule has 1 aromatic rings. The molecule has 1 saturated carbocycles. The van der Waals surface area contributed by atoms with Crippen molar-refractivity contribution in [1.82, 2.24) is 0 Å². The first-order chi connectivity index (χ1) is 10.4. The highest BCUT2D eigenvalue weighted by Crippen LogP contribution is 2.60. The van der Waals surface area contributed by atoms with Gasteiger partial charge in [-0.25, -0.2) is 0 Å². The molecule has 0 aromatic heterocycles. The summed E-state index contributed by atoms with van der Waals surface area (Å²) < 4.78 is 0. The molecule has 2 atom stereocenters. The van der Waals surface area contributed by atoms with Gasteiger partial charge in [-0.2, -0.15) is 0 Å². The summed E-state index contributed by atoms with van der Waals surface area (Å²) in [4.78, 5) is 25.2. The van der Waals surface area contributed by atoms with Crippen molar-refractivity contribution in [3.63, 3.8) is 0 Å². The lowest BCUT2D eigenvalue weighted by molar-refractivity contribution is -0.0169. The molecule has 114 valence electrons. The van der Waals surface area contributed by atoms with Crippen molar-refractivity contribution in [2.24, 2.45) is 17.3 Å². The van der Waals surface area contributed by atoms with Gasteiger partial charge in [0, 0.05) is 17.5 Å². The van der Waals surface area contributed by atoms with Gasteiger partial charge in [0.1, 0.15) is 0 Å². The third-order valence-electron chi connectivity index (χ3n) is 6.21. The number of allylic oxidation sites excluding steroid dienone is 1. The molecule has 0 spiro atoms. The fourth-order valence-electron chi connectivity index (χ4n) is 4.56. The first-order valence-electron chi connectivity index (χ1n) is 7.95. The molecule has 0 saturated heterocycles. The number of hydrogen-bond donors (Lipinski definition) is 1. The van der Waals surface area contributed by atoms with Crippen LogP contribution in [0.2, 0.25) is 0 Å². The molecule has 1 aromatic carbocycles. The zero-order valence-electron chi connectivity index (χ0n) is 12.9. The Morgan fingerprint density at radius 1 is 1.14 bits per heavy atom. The predicted molar refractivity (Wildman–Crippen MR) is 82.7 cm³/mol. The number of aliphatic hydroxyl groups is 1. The standard InChI is InChI=1S/C19H20O3/c1-18(2)12-8-7-11(15(18)9-12)10-19(22)16(20)13-5-3-4-6-14(13)17(19)21/h3-7,12,15,22H,8-10H2,1-2H3/t12-,15-/m1/s1. The van der Waals surface area contributed by atoms with Gasteiger partial charge in [-0.15, -0.1) is 0 Å². The molecule has 1 fully saturated rings. The number of ketones is 2. The van der Waals surface area contributed by atoms with E-state index in [9.17, 15) is 14.7 Å². The summed E-state index contributed by atoms with van der Waals surface area (Å²) >= 11 is 0. The van der Waals surface area contributed by atoms with Crippen LogP contribution in [0.25, 0.3) is 0 Å². The molecule has 5 rings (SSSR count). The molecule has 0 amide bonds. The van der Waals surface area contributed by atoms with Gasteiger partial charge >= 0.3 is 0 Å². The van der Waals surface area contributed by atoms with Crippen LogP contribution in [0.15, 0.2) is 35.9 Å². The van der Waals surface area contributed by atoms with E-state index in [1.165, 1.54) is 0 Å². The van der Waals surface area contributed by atoms with Crippen molar-refractivity contribution in [1.29, 1.82) is 0 Å². The summed E-state index contributed by atoms with van der Waals surface area (Å²) in [6.07, 6.45) is 4.40. The van der Waals surface area contributed by atoms with E-state index in [-0.39, 0.29) is 11.8 Å². The van der Waals surface area contributed by atoms with Crippen LogP contribution >= 0.6 is 0 Å². The minimum Gasteiger partial charge on any atom is -0.374 e. The molecule has 0 heterocycles. The van der Waals surface area contributed by atoms with Gasteiger partial charge in [0.2, 0.25) is 11.6 Å². The predicted octanol–water partition coefficient (Wildman–Crippen LogP) is 3.18. The van der Waals surface area contributed by atoms with Gasteiger partial charge in [0.05, 0.1) is 0 Å². The van der Waals surface area contributed by atoms with E-state index in [0.29, 0.717) is 23.0 Å². The molecule has 0 aliphatic heterocycles. The van der Waals surface area contributed by atoms with Crippen LogP contribution in [-0.4, -0.2) is 22.3 Å². The van der Waals surface area contributed by atoms with Gasteiger partial charge in [-0.1, -0.05) is 49.8 Å². The van der Waals surface area contributed by atoms with Gasteiger partial charge in [-0.05, 0) is 30.1 Å². The smallest absolute Gasteiger partial charge is 0.203 e. The molecular weight excluding hydrogens is 276 g/mol. The molecule has 2 bridgehead atoms. The third kappa shape index (κ3) is 1.55. The molecule has 1 N–H and O–H groups in total. The highest BCUT2D eigenvalue weighted by atomic mass is 16.3. The second kappa shape index (κ2) is 4.17. The van der Waals surface area contributed by atoms with Crippen molar-refractivity contribution < 1.29 is 14.7 Å². The van der Waals surface area contributed by atoms with E-state index in [0.717, 1.165) is 18.4 Å². The summed E-state index contributed by atoms with van der Waals surface area (Å²) in [5.41, 5.74) is 0.130. The van der Waals surface area contributed by atoms with E-state index < -0.39 is 17.2 Å². The van der Waals surface area contributed by atoms with E-state index in [1.54, 1.807) is 24.3 Å². The normalized spacial score (nSPS) is 30.6. The van der Waals surface area contributed by atoms with Crippen molar-refractivity contribution >= 4 is 11.6 Å². The SMILES string of the molecule is CC1(C)[C@@H]2CC=C(CC3(O)C(=O)c4ccccc4C3=O)[C@H]1C2. The number of carbonyl (C=O) groups is 2. The first-order valence-corrected chi connectivity index (χ1v) is 7.95. The fraction of sp³-hybridized carbons (Fsp3) is 0.474. The van der Waals surface area contributed by atoms with Gasteiger partial charge in [-0.3, -0.25) is 9.59 Å². The van der Waals surface area contributed by atoms with Crippen molar-refractivity contribution in [3.05, 3.63) is 47.0 Å².